The highest BCUT2D eigenvalue weighted by molar-refractivity contribution is 4.93. The van der Waals surface area contributed by atoms with Gasteiger partial charge >= 0.3 is 0 Å². The molecule has 1 atom stereocenters. The summed E-state index contributed by atoms with van der Waals surface area (Å²) in [5.41, 5.74) is 0. The minimum Gasteiger partial charge on any atom is -0.307 e. The summed E-state index contributed by atoms with van der Waals surface area (Å²) in [5, 5.41) is 15.5. The molecule has 90 valence electrons. The van der Waals surface area contributed by atoms with Gasteiger partial charge in [0.25, 0.3) is 0 Å². The molecule has 0 saturated heterocycles. The topological polar surface area (TPSA) is 55.6 Å². The highest BCUT2D eigenvalue weighted by Gasteiger charge is 2.25. The second-order valence-electron chi connectivity index (χ2n) is 5.09. The van der Waals surface area contributed by atoms with E-state index in [0.29, 0.717) is 12.0 Å². The maximum absolute atomic E-state index is 4.14. The smallest absolute Gasteiger partial charge is 0.168 e. The maximum Gasteiger partial charge on any atom is 0.168 e. The molecule has 1 fully saturated rings. The fourth-order valence-corrected chi connectivity index (χ4v) is 1.88. The van der Waals surface area contributed by atoms with Gasteiger partial charge in [0, 0.05) is 0 Å². The highest BCUT2D eigenvalue weighted by atomic mass is 15.6. The number of nitrogens with one attached hydrogen (secondary N) is 1. The zero-order valence-electron chi connectivity index (χ0n) is 10.3. The van der Waals surface area contributed by atoms with Crippen molar-refractivity contribution in [2.24, 2.45) is 5.92 Å². The van der Waals surface area contributed by atoms with Crippen molar-refractivity contribution in [3.63, 3.8) is 0 Å². The van der Waals surface area contributed by atoms with Gasteiger partial charge in [0.15, 0.2) is 5.82 Å². The van der Waals surface area contributed by atoms with E-state index in [-0.39, 0.29) is 6.04 Å². The Morgan fingerprint density at radius 1 is 1.38 bits per heavy atom. The van der Waals surface area contributed by atoms with Gasteiger partial charge in [-0.3, -0.25) is 0 Å². The van der Waals surface area contributed by atoms with Crippen molar-refractivity contribution in [2.75, 3.05) is 6.54 Å². The molecular formula is C11H21N5. The monoisotopic (exact) mass is 223 g/mol. The van der Waals surface area contributed by atoms with Crippen molar-refractivity contribution in [3.05, 3.63) is 5.82 Å². The largest absolute Gasteiger partial charge is 0.307 e. The SMILES string of the molecule is CC(C)CNC(C)c1nnnn1C1CCC1. The Hall–Kier alpha value is -0.970. The van der Waals surface area contributed by atoms with Crippen molar-refractivity contribution < 1.29 is 0 Å². The first kappa shape index (κ1) is 11.5. The molecule has 5 nitrogen and oxygen atoms in total. The van der Waals surface area contributed by atoms with E-state index >= 15 is 0 Å². The van der Waals surface area contributed by atoms with Crippen LogP contribution in [0.1, 0.15) is 57.9 Å². The molecule has 1 aliphatic carbocycles. The summed E-state index contributed by atoms with van der Waals surface area (Å²) in [6.45, 7) is 7.53. The van der Waals surface area contributed by atoms with Crippen LogP contribution in [0.5, 0.6) is 0 Å². The van der Waals surface area contributed by atoms with Crippen LogP contribution >= 0.6 is 0 Å². The summed E-state index contributed by atoms with van der Waals surface area (Å²) in [6.07, 6.45) is 3.74. The van der Waals surface area contributed by atoms with Crippen LogP contribution in [0.2, 0.25) is 0 Å². The lowest BCUT2D eigenvalue weighted by Gasteiger charge is -2.27. The molecule has 1 unspecified atom stereocenters. The first-order valence-electron chi connectivity index (χ1n) is 6.19. The van der Waals surface area contributed by atoms with Crippen molar-refractivity contribution >= 4 is 0 Å². The molecule has 0 radical (unpaired) electrons. The molecule has 1 N–H and O–H groups in total. The Balaban J connectivity index is 1.99. The van der Waals surface area contributed by atoms with Crippen molar-refractivity contribution in [1.82, 2.24) is 25.5 Å². The third kappa shape index (κ3) is 2.40. The predicted octanol–water partition coefficient (Wildman–Crippen LogP) is 1.70. The molecule has 16 heavy (non-hydrogen) atoms. The van der Waals surface area contributed by atoms with E-state index in [4.69, 9.17) is 0 Å². The van der Waals surface area contributed by atoms with Gasteiger partial charge in [0.1, 0.15) is 0 Å². The molecular weight excluding hydrogens is 202 g/mol. The first-order chi connectivity index (χ1) is 7.68. The lowest BCUT2D eigenvalue weighted by molar-refractivity contribution is 0.270. The van der Waals surface area contributed by atoms with E-state index in [1.165, 1.54) is 19.3 Å². The maximum atomic E-state index is 4.14. The van der Waals surface area contributed by atoms with Crippen LogP contribution in [0.3, 0.4) is 0 Å². The first-order valence-corrected chi connectivity index (χ1v) is 6.19. The minimum atomic E-state index is 0.234. The van der Waals surface area contributed by atoms with Crippen molar-refractivity contribution in [1.29, 1.82) is 0 Å². The average Bonchev–Trinajstić information content (AvgIpc) is 2.60. The van der Waals surface area contributed by atoms with Gasteiger partial charge in [-0.25, -0.2) is 4.68 Å². The lowest BCUT2D eigenvalue weighted by atomic mass is 9.93. The van der Waals surface area contributed by atoms with Crippen LogP contribution in [0.15, 0.2) is 0 Å². The van der Waals surface area contributed by atoms with Crippen LogP contribution < -0.4 is 5.32 Å². The fraction of sp³-hybridized carbons (Fsp3) is 0.909. The second-order valence-corrected chi connectivity index (χ2v) is 5.09. The Bertz CT molecular complexity index is 329. The molecule has 1 aromatic rings. The molecule has 1 saturated carbocycles. The number of aromatic nitrogens is 4. The van der Waals surface area contributed by atoms with Gasteiger partial charge in [-0.2, -0.15) is 0 Å². The highest BCUT2D eigenvalue weighted by Crippen LogP contribution is 2.32. The molecule has 2 rings (SSSR count). The van der Waals surface area contributed by atoms with Crippen LogP contribution in [-0.4, -0.2) is 26.8 Å². The van der Waals surface area contributed by atoms with Crippen LogP contribution in [0.25, 0.3) is 0 Å². The van der Waals surface area contributed by atoms with E-state index in [1.54, 1.807) is 0 Å². The standard InChI is InChI=1S/C11H21N5/c1-8(2)7-12-9(3)11-13-14-15-16(11)10-5-4-6-10/h8-10,12H,4-7H2,1-3H3. The van der Waals surface area contributed by atoms with Crippen LogP contribution in [0, 0.1) is 5.92 Å². The van der Waals surface area contributed by atoms with Crippen molar-refractivity contribution in [3.8, 4) is 0 Å². The minimum absolute atomic E-state index is 0.234. The Morgan fingerprint density at radius 3 is 2.69 bits per heavy atom. The van der Waals surface area contributed by atoms with Gasteiger partial charge in [0.05, 0.1) is 12.1 Å². The van der Waals surface area contributed by atoms with E-state index < -0.39 is 0 Å². The Kier molecular flexibility index (Phi) is 3.53. The van der Waals surface area contributed by atoms with Gasteiger partial charge in [0.2, 0.25) is 0 Å². The van der Waals surface area contributed by atoms with E-state index in [0.717, 1.165) is 12.4 Å². The molecule has 5 heteroatoms. The van der Waals surface area contributed by atoms with Gasteiger partial charge in [-0.1, -0.05) is 13.8 Å². The molecule has 1 heterocycles. The van der Waals surface area contributed by atoms with E-state index in [1.807, 2.05) is 4.68 Å². The zero-order chi connectivity index (χ0) is 11.5. The van der Waals surface area contributed by atoms with E-state index in [9.17, 15) is 0 Å². The van der Waals surface area contributed by atoms with Crippen LogP contribution in [-0.2, 0) is 0 Å². The normalized spacial score (nSPS) is 18.8. The summed E-state index contributed by atoms with van der Waals surface area (Å²) in [7, 11) is 0. The molecule has 1 aliphatic rings. The molecule has 0 bridgehead atoms. The second kappa shape index (κ2) is 4.91. The zero-order valence-corrected chi connectivity index (χ0v) is 10.3. The lowest BCUT2D eigenvalue weighted by Crippen LogP contribution is -2.28. The summed E-state index contributed by atoms with van der Waals surface area (Å²) >= 11 is 0. The van der Waals surface area contributed by atoms with Gasteiger partial charge in [-0.15, -0.1) is 5.10 Å². The quantitative estimate of drug-likeness (QED) is 0.825. The third-order valence-electron chi connectivity index (χ3n) is 3.16. The third-order valence-corrected chi connectivity index (χ3v) is 3.16. The molecule has 0 spiro atoms. The molecule has 0 amide bonds. The summed E-state index contributed by atoms with van der Waals surface area (Å²) in [4.78, 5) is 0. The van der Waals surface area contributed by atoms with E-state index in [2.05, 4.69) is 41.6 Å². The Morgan fingerprint density at radius 2 is 2.12 bits per heavy atom. The van der Waals surface area contributed by atoms with Crippen molar-refractivity contribution in [2.45, 2.75) is 52.1 Å². The number of nitrogens with zero attached hydrogens (tertiary/aromatic N) is 4. The number of tetrazole rings is 1. The Labute approximate surface area is 96.6 Å². The number of rotatable bonds is 5. The summed E-state index contributed by atoms with van der Waals surface area (Å²) < 4.78 is 2.00. The van der Waals surface area contributed by atoms with Gasteiger partial charge in [-0.05, 0) is 49.1 Å². The molecule has 0 aliphatic heterocycles. The molecule has 0 aromatic carbocycles. The molecule has 1 aromatic heterocycles. The fourth-order valence-electron chi connectivity index (χ4n) is 1.88. The predicted molar refractivity (Wildman–Crippen MR) is 62.0 cm³/mol. The number of hydrogen-bond acceptors (Lipinski definition) is 4. The number of hydrogen-bond donors (Lipinski definition) is 1. The van der Waals surface area contributed by atoms with Crippen LogP contribution in [0.4, 0.5) is 0 Å². The average molecular weight is 223 g/mol. The van der Waals surface area contributed by atoms with Gasteiger partial charge < -0.3 is 5.32 Å². The summed E-state index contributed by atoms with van der Waals surface area (Å²) in [5.74, 6) is 1.63. The summed E-state index contributed by atoms with van der Waals surface area (Å²) in [6, 6.07) is 0.770.